The molecule has 4 amide bonds. The van der Waals surface area contributed by atoms with Crippen LogP contribution in [0.4, 0.5) is 23.3 Å². The van der Waals surface area contributed by atoms with Gasteiger partial charge >= 0.3 is 0 Å². The van der Waals surface area contributed by atoms with Gasteiger partial charge in [0.2, 0.25) is 23.6 Å². The highest BCUT2D eigenvalue weighted by molar-refractivity contribution is 7.14. The summed E-state index contributed by atoms with van der Waals surface area (Å²) in [7, 11) is 0. The Morgan fingerprint density at radius 2 is 0.583 bits per heavy atom. The molecule has 0 fully saturated rings. The Morgan fingerprint density at radius 1 is 0.268 bits per heavy atom. The van der Waals surface area contributed by atoms with Crippen LogP contribution < -0.4 is 21.3 Å². The van der Waals surface area contributed by atoms with Gasteiger partial charge in [0.05, 0.1) is 77.9 Å². The Morgan fingerprint density at radius 3 is 0.937 bits per heavy atom. The summed E-state index contributed by atoms with van der Waals surface area (Å²) < 4.78 is 0. The van der Waals surface area contributed by atoms with E-state index in [1.165, 1.54) is 5.56 Å². The van der Waals surface area contributed by atoms with Gasteiger partial charge in [0.25, 0.3) is 0 Å². The number of phenols is 4. The zero-order valence-corrected chi connectivity index (χ0v) is 72.1. The molecule has 0 unspecified atom stereocenters. The Labute approximate surface area is 748 Å². The number of hydrogen-bond donors (Lipinski definition) is 8. The first-order chi connectivity index (χ1) is 62.1. The lowest BCUT2D eigenvalue weighted by atomic mass is 9.91. The molecular weight excluding hydrogens is 1660 g/mol. The summed E-state index contributed by atoms with van der Waals surface area (Å²) in [6.07, 6.45) is 9.66. The summed E-state index contributed by atoms with van der Waals surface area (Å²) in [6, 6.07) is 81.4. The SMILES string of the molecule is O=C(CCCc1ccccc1)Nc1nc2c(nc1-c1cccs1)-c1ccc(O)cc1CC2.O=C(CCc1ccccc1)Nc1nc2c(nc1-c1cccs1)-c1ccc(O)cc1CC2.O=C(Cc1ccc2ccccc2c1)Nc1nc2c(nc1-c1cccs1)-c1ccc(O)cc1CC2.O=C(Cc1ccccc1)Nc1nc2c(nc1-c1cccs1)-c1ccc(O)cc1CC2. The minimum absolute atomic E-state index is 0.0471. The van der Waals surface area contributed by atoms with E-state index in [1.807, 2.05) is 197 Å². The fourth-order valence-corrected chi connectivity index (χ4v) is 19.1. The Bertz CT molecular complexity index is 6900. The van der Waals surface area contributed by atoms with Crippen LogP contribution in [0.25, 0.3) is 98.1 Å². The van der Waals surface area contributed by atoms with Gasteiger partial charge in [-0.15, -0.1) is 45.3 Å². The molecule has 4 aliphatic carbocycles. The maximum absolute atomic E-state index is 13.0. The number of benzene rings is 9. The summed E-state index contributed by atoms with van der Waals surface area (Å²) >= 11 is 6.27. The summed E-state index contributed by atoms with van der Waals surface area (Å²) in [5.41, 5.74) is 22.0. The van der Waals surface area contributed by atoms with Crippen molar-refractivity contribution in [2.75, 3.05) is 21.3 Å². The average molecular weight is 1750 g/mol. The van der Waals surface area contributed by atoms with Crippen molar-refractivity contribution >= 4 is 103 Å². The molecule has 127 heavy (non-hydrogen) atoms. The van der Waals surface area contributed by atoms with Gasteiger partial charge in [-0.05, 0) is 244 Å². The minimum Gasteiger partial charge on any atom is -0.508 e. The van der Waals surface area contributed by atoms with Gasteiger partial charge in [-0.1, -0.05) is 158 Å². The van der Waals surface area contributed by atoms with E-state index in [1.54, 1.807) is 93.9 Å². The molecule has 0 aliphatic heterocycles. The van der Waals surface area contributed by atoms with Gasteiger partial charge in [0, 0.05) is 35.1 Å². The van der Waals surface area contributed by atoms with Crippen molar-refractivity contribution in [3.63, 3.8) is 0 Å². The number of anilines is 4. The number of aryl methyl sites for hydroxylation is 10. The average Bonchev–Trinajstić information content (AvgIpc) is 1.76. The summed E-state index contributed by atoms with van der Waals surface area (Å²) in [4.78, 5) is 94.2. The first-order valence-corrected chi connectivity index (χ1v) is 45.5. The predicted molar refractivity (Wildman–Crippen MR) is 506 cm³/mol. The van der Waals surface area contributed by atoms with Crippen molar-refractivity contribution < 1.29 is 39.6 Å². The zero-order valence-electron chi connectivity index (χ0n) is 68.8. The summed E-state index contributed by atoms with van der Waals surface area (Å²) in [5, 5.41) is 61.7. The molecule has 21 rings (SSSR count). The van der Waals surface area contributed by atoms with Crippen LogP contribution in [0.2, 0.25) is 0 Å². The minimum atomic E-state index is -0.122. The molecule has 0 atom stereocenters. The molecule has 24 heteroatoms. The number of amides is 4. The van der Waals surface area contributed by atoms with Crippen molar-refractivity contribution in [2.24, 2.45) is 0 Å². The van der Waals surface area contributed by atoms with Gasteiger partial charge in [-0.25, -0.2) is 39.9 Å². The van der Waals surface area contributed by atoms with Gasteiger partial charge < -0.3 is 41.7 Å². The molecule has 20 nitrogen and oxygen atoms in total. The second-order valence-electron chi connectivity index (χ2n) is 31.2. The van der Waals surface area contributed by atoms with Gasteiger partial charge in [-0.2, -0.15) is 0 Å². The number of fused-ring (bicyclic) bond motifs is 13. The van der Waals surface area contributed by atoms with Crippen molar-refractivity contribution in [1.82, 2.24) is 39.9 Å². The molecule has 0 saturated heterocycles. The number of nitrogens with one attached hydrogen (secondary N) is 4. The number of carbonyl (C=O) groups excluding carboxylic acids is 4. The maximum atomic E-state index is 13.0. The van der Waals surface area contributed by atoms with Crippen LogP contribution in [0, 0.1) is 0 Å². The molecule has 0 saturated carbocycles. The van der Waals surface area contributed by atoms with Gasteiger partial charge in [0.1, 0.15) is 45.8 Å². The third-order valence-corrected chi connectivity index (χ3v) is 25.9. The number of hydrogen-bond acceptors (Lipinski definition) is 20. The van der Waals surface area contributed by atoms with Gasteiger partial charge in [0.15, 0.2) is 23.3 Å². The summed E-state index contributed by atoms with van der Waals surface area (Å²) in [6.45, 7) is 0. The monoisotopic (exact) mass is 1740 g/mol. The van der Waals surface area contributed by atoms with E-state index in [2.05, 4.69) is 51.6 Å². The van der Waals surface area contributed by atoms with E-state index < -0.39 is 0 Å². The molecule has 8 N–H and O–H groups in total. The molecule has 17 aromatic rings. The number of rotatable bonds is 19. The van der Waals surface area contributed by atoms with E-state index >= 15 is 0 Å². The van der Waals surface area contributed by atoms with Gasteiger partial charge in [-0.3, -0.25) is 19.2 Å². The number of aromatic nitrogens is 8. The number of phenolic OH excluding ortho intramolecular Hbond substituents is 4. The van der Waals surface area contributed by atoms with Crippen molar-refractivity contribution in [3.05, 3.63) is 344 Å². The fraction of sp³-hybridized carbons (Fsp3) is 0.146. The second-order valence-corrected chi connectivity index (χ2v) is 35.0. The topological polar surface area (TPSA) is 300 Å². The molecule has 0 radical (unpaired) electrons. The molecular formula is C103H84N12O8S4. The highest BCUT2D eigenvalue weighted by Crippen LogP contribution is 2.44. The molecule has 0 bridgehead atoms. The molecule has 8 aromatic heterocycles. The van der Waals surface area contributed by atoms with Crippen LogP contribution in [0.3, 0.4) is 0 Å². The van der Waals surface area contributed by atoms with Crippen molar-refractivity contribution in [3.8, 4) is 110 Å². The smallest absolute Gasteiger partial charge is 0.230 e. The molecule has 628 valence electrons. The van der Waals surface area contributed by atoms with Crippen LogP contribution in [0.5, 0.6) is 23.0 Å². The zero-order chi connectivity index (χ0) is 86.7. The number of thiophene rings is 4. The number of carbonyl (C=O) groups is 4. The quantitative estimate of drug-likeness (QED) is 0.0373. The lowest BCUT2D eigenvalue weighted by Gasteiger charge is -2.21. The largest absolute Gasteiger partial charge is 0.508 e. The van der Waals surface area contributed by atoms with E-state index in [9.17, 15) is 39.6 Å². The normalized spacial score (nSPS) is 12.2. The van der Waals surface area contributed by atoms with E-state index in [4.69, 9.17) is 39.9 Å². The standard InChI is InChI=1S/C28H21N3O2S.C26H23N3O2S.C25H21N3O2S.C24H19N3O2S/c32-21-10-11-22-20(16-21)9-12-23-26(22)31-27(24-6-3-13-34-24)28(29-23)30-25(33)15-17-7-8-18-4-1-2-5-19(18)14-17;30-19-12-13-20-18(16-19)11-14-21-24(20)29-25(22-9-5-15-32-22)26(27-21)28-23(31)10-4-8-17-6-2-1-3-7-17;29-18-10-11-19-17(15-18)9-12-20-23(19)28-24(21-7-4-14-31-21)25(26-20)27-22(30)13-8-16-5-2-1-3-6-16;28-17-9-10-18-16(14-17)8-11-19-22(18)27-23(20-7-4-12-30-20)24(25-19)26-21(29)13-15-5-2-1-3-6-15/h1-8,10-11,13-14,16,32H,9,12,15H2,(H,29,30,33);1-3,5-7,9,12-13,15-16,30H,4,8,10-11,14H2,(H,27,28,31);1-7,10-11,14-15,29H,8-9,12-13H2,(H,26,27,30);1-7,9-10,12,14,28H,8,11,13H2,(H,25,26,29). The molecule has 4 aliphatic rings. The Kier molecular flexibility index (Phi) is 25.1. The fourth-order valence-electron chi connectivity index (χ4n) is 16.3. The highest BCUT2D eigenvalue weighted by atomic mass is 32.1. The van der Waals surface area contributed by atoms with Crippen LogP contribution in [0.15, 0.2) is 276 Å². The van der Waals surface area contributed by atoms with Crippen LogP contribution in [-0.2, 0) is 96.2 Å². The third-order valence-electron chi connectivity index (χ3n) is 22.4. The van der Waals surface area contributed by atoms with Crippen LogP contribution in [-0.4, -0.2) is 83.9 Å². The lowest BCUT2D eigenvalue weighted by Crippen LogP contribution is -2.18. The molecule has 0 spiro atoms. The second kappa shape index (κ2) is 38.3. The van der Waals surface area contributed by atoms with Crippen molar-refractivity contribution in [1.29, 1.82) is 0 Å². The van der Waals surface area contributed by atoms with E-state index in [0.29, 0.717) is 78.2 Å². The maximum Gasteiger partial charge on any atom is 0.230 e. The van der Waals surface area contributed by atoms with Crippen molar-refractivity contribution in [2.45, 2.75) is 96.3 Å². The first kappa shape index (κ1) is 83.3. The van der Waals surface area contributed by atoms with E-state index in [0.717, 1.165) is 188 Å². The summed E-state index contributed by atoms with van der Waals surface area (Å²) in [5.74, 6) is 2.71. The lowest BCUT2D eigenvalue weighted by molar-refractivity contribution is -0.117. The predicted octanol–water partition coefficient (Wildman–Crippen LogP) is 21.8. The number of nitrogens with zero attached hydrogens (tertiary/aromatic N) is 8. The molecule has 8 heterocycles. The Hall–Kier alpha value is -14.6. The molecule has 9 aromatic carbocycles. The first-order valence-electron chi connectivity index (χ1n) is 42.0. The van der Waals surface area contributed by atoms with E-state index in [-0.39, 0.29) is 59.5 Å². The van der Waals surface area contributed by atoms with Crippen LogP contribution in [0.1, 0.15) is 86.5 Å². The Balaban J connectivity index is 0.000000115. The third kappa shape index (κ3) is 19.7. The number of aromatic hydroxyl groups is 4. The highest BCUT2D eigenvalue weighted by Gasteiger charge is 2.30. The van der Waals surface area contributed by atoms with Crippen LogP contribution >= 0.6 is 45.3 Å².